The van der Waals surface area contributed by atoms with Gasteiger partial charge in [-0.05, 0) is 12.8 Å². The first-order valence-electron chi connectivity index (χ1n) is 4.14. The average Bonchev–Trinajstić information content (AvgIpc) is 2.51. The summed E-state index contributed by atoms with van der Waals surface area (Å²) in [6.45, 7) is 1.81. The van der Waals surface area contributed by atoms with Crippen LogP contribution in [0.25, 0.3) is 0 Å². The molecule has 0 aromatic carbocycles. The summed E-state index contributed by atoms with van der Waals surface area (Å²) in [5, 5.41) is 13.1. The molecule has 0 bridgehead atoms. The SMILES string of the molecule is CNC(C[N+](=O)[O-])=[N+]1CCCC1. The van der Waals surface area contributed by atoms with Crippen LogP contribution in [0.1, 0.15) is 12.8 Å². The van der Waals surface area contributed by atoms with Crippen LogP contribution in [0.5, 0.6) is 0 Å². The quantitative estimate of drug-likeness (QED) is 0.269. The molecule has 12 heavy (non-hydrogen) atoms. The summed E-state index contributed by atoms with van der Waals surface area (Å²) >= 11 is 0. The Kier molecular flexibility index (Phi) is 3.01. The lowest BCUT2D eigenvalue weighted by Crippen LogP contribution is -2.35. The number of nitrogens with zero attached hydrogens (tertiary/aromatic N) is 2. The third kappa shape index (κ3) is 2.18. The van der Waals surface area contributed by atoms with Gasteiger partial charge in [0.2, 0.25) is 0 Å². The van der Waals surface area contributed by atoms with Crippen LogP contribution >= 0.6 is 0 Å². The number of amidine groups is 1. The first kappa shape index (κ1) is 8.96. The molecule has 1 aliphatic rings. The molecule has 1 heterocycles. The molecular weight excluding hydrogens is 158 g/mol. The van der Waals surface area contributed by atoms with E-state index in [2.05, 4.69) is 5.32 Å². The van der Waals surface area contributed by atoms with Crippen LogP contribution in [0, 0.1) is 10.1 Å². The van der Waals surface area contributed by atoms with Crippen molar-refractivity contribution < 1.29 is 9.50 Å². The van der Waals surface area contributed by atoms with Crippen molar-refractivity contribution in [2.24, 2.45) is 0 Å². The molecule has 0 aliphatic carbocycles. The lowest BCUT2D eigenvalue weighted by molar-refractivity contribution is -0.528. The maximum atomic E-state index is 10.2. The van der Waals surface area contributed by atoms with Crippen LogP contribution in [0.4, 0.5) is 0 Å². The highest BCUT2D eigenvalue weighted by molar-refractivity contribution is 5.77. The predicted molar refractivity (Wildman–Crippen MR) is 45.2 cm³/mol. The Bertz CT molecular complexity index is 205. The van der Waals surface area contributed by atoms with Crippen molar-refractivity contribution in [2.45, 2.75) is 12.8 Å². The molecule has 68 valence electrons. The second kappa shape index (κ2) is 4.04. The van der Waals surface area contributed by atoms with E-state index < -0.39 is 0 Å². The Hall–Kier alpha value is -1.13. The summed E-state index contributed by atoms with van der Waals surface area (Å²) in [6.07, 6.45) is 2.28. The third-order valence-corrected chi connectivity index (χ3v) is 2.06. The second-order valence-electron chi connectivity index (χ2n) is 2.88. The van der Waals surface area contributed by atoms with Crippen LogP contribution in [-0.2, 0) is 0 Å². The molecule has 0 unspecified atom stereocenters. The molecule has 5 heteroatoms. The fourth-order valence-corrected chi connectivity index (χ4v) is 1.45. The van der Waals surface area contributed by atoms with Gasteiger partial charge in [-0.15, -0.1) is 0 Å². The van der Waals surface area contributed by atoms with E-state index in [1.165, 1.54) is 0 Å². The number of rotatable bonds is 2. The van der Waals surface area contributed by atoms with E-state index in [1.807, 2.05) is 4.58 Å². The molecule has 0 spiro atoms. The molecule has 0 amide bonds. The molecule has 1 aliphatic heterocycles. The molecule has 1 rings (SSSR count). The number of likely N-dealkylation sites (N-methyl/N-ethyl adjacent to an activating group) is 1. The molecule has 0 radical (unpaired) electrons. The minimum absolute atomic E-state index is 0.0868. The Morgan fingerprint density at radius 1 is 1.58 bits per heavy atom. The van der Waals surface area contributed by atoms with Crippen LogP contribution in [-0.4, -0.2) is 42.0 Å². The molecular formula is C7H14N3O2+. The van der Waals surface area contributed by atoms with Gasteiger partial charge in [0.25, 0.3) is 0 Å². The highest BCUT2D eigenvalue weighted by atomic mass is 16.6. The highest BCUT2D eigenvalue weighted by Crippen LogP contribution is 2.01. The van der Waals surface area contributed by atoms with Crippen LogP contribution in [0.2, 0.25) is 0 Å². The molecule has 0 atom stereocenters. The fourth-order valence-electron chi connectivity index (χ4n) is 1.45. The van der Waals surface area contributed by atoms with E-state index in [9.17, 15) is 10.1 Å². The topological polar surface area (TPSA) is 58.2 Å². The minimum Gasteiger partial charge on any atom is -0.275 e. The van der Waals surface area contributed by atoms with Crippen LogP contribution in [0.3, 0.4) is 0 Å². The lowest BCUT2D eigenvalue weighted by atomic mass is 10.4. The van der Waals surface area contributed by atoms with E-state index in [0.29, 0.717) is 0 Å². The van der Waals surface area contributed by atoms with Crippen molar-refractivity contribution in [1.82, 2.24) is 5.32 Å². The van der Waals surface area contributed by atoms with E-state index in [-0.39, 0.29) is 11.5 Å². The number of nitrogens with one attached hydrogen (secondary N) is 1. The van der Waals surface area contributed by atoms with Crippen LogP contribution in [0.15, 0.2) is 0 Å². The Morgan fingerprint density at radius 2 is 2.17 bits per heavy atom. The Labute approximate surface area is 71.2 Å². The number of nitro groups is 1. The van der Waals surface area contributed by atoms with Crippen molar-refractivity contribution in [1.29, 1.82) is 0 Å². The second-order valence-corrected chi connectivity index (χ2v) is 2.88. The van der Waals surface area contributed by atoms with E-state index in [4.69, 9.17) is 0 Å². The summed E-state index contributed by atoms with van der Waals surface area (Å²) in [6, 6.07) is 0. The first-order chi connectivity index (χ1) is 5.74. The van der Waals surface area contributed by atoms with Gasteiger partial charge in [-0.3, -0.25) is 20.0 Å². The van der Waals surface area contributed by atoms with E-state index in [1.54, 1.807) is 7.05 Å². The van der Waals surface area contributed by atoms with Gasteiger partial charge in [0.1, 0.15) is 0 Å². The number of hydrogen-bond donors (Lipinski definition) is 1. The van der Waals surface area contributed by atoms with Gasteiger partial charge < -0.3 is 0 Å². The third-order valence-electron chi connectivity index (χ3n) is 2.06. The normalized spacial score (nSPS) is 16.2. The molecule has 0 aromatic rings. The van der Waals surface area contributed by atoms with E-state index >= 15 is 0 Å². The number of hydrogen-bond acceptors (Lipinski definition) is 2. The minimum atomic E-state index is -0.301. The maximum Gasteiger partial charge on any atom is 0.317 e. The van der Waals surface area contributed by atoms with Gasteiger partial charge in [-0.25, -0.2) is 0 Å². The van der Waals surface area contributed by atoms with Gasteiger partial charge in [0, 0.05) is 4.92 Å². The van der Waals surface area contributed by atoms with Gasteiger partial charge >= 0.3 is 12.4 Å². The predicted octanol–water partition coefficient (Wildman–Crippen LogP) is -0.313. The summed E-state index contributed by atoms with van der Waals surface area (Å²) in [5.41, 5.74) is 0. The Balaban J connectivity index is 2.64. The monoisotopic (exact) mass is 172 g/mol. The Morgan fingerprint density at radius 3 is 2.58 bits per heavy atom. The zero-order chi connectivity index (χ0) is 8.97. The van der Waals surface area contributed by atoms with Gasteiger partial charge in [0.15, 0.2) is 0 Å². The molecule has 1 N–H and O–H groups in total. The smallest absolute Gasteiger partial charge is 0.275 e. The average molecular weight is 172 g/mol. The van der Waals surface area contributed by atoms with Gasteiger partial charge in [-0.1, -0.05) is 0 Å². The van der Waals surface area contributed by atoms with Crippen LogP contribution < -0.4 is 5.32 Å². The summed E-state index contributed by atoms with van der Waals surface area (Å²) in [4.78, 5) is 9.94. The standard InChI is InChI=1S/C7H13N3O2/c1-8-7(6-10(11)12)9-4-2-3-5-9/h2-6H2,1H3/p+1. The van der Waals surface area contributed by atoms with Crippen molar-refractivity contribution in [2.75, 3.05) is 26.7 Å². The van der Waals surface area contributed by atoms with E-state index in [0.717, 1.165) is 31.8 Å². The summed E-state index contributed by atoms with van der Waals surface area (Å²) in [5.74, 6) is 0.734. The molecule has 1 fully saturated rings. The zero-order valence-electron chi connectivity index (χ0n) is 7.25. The molecule has 0 aromatic heterocycles. The summed E-state index contributed by atoms with van der Waals surface area (Å²) in [7, 11) is 1.73. The maximum absolute atomic E-state index is 10.2. The molecule has 5 nitrogen and oxygen atoms in total. The van der Waals surface area contributed by atoms with Gasteiger partial charge in [0.05, 0.1) is 20.1 Å². The van der Waals surface area contributed by atoms with Gasteiger partial charge in [-0.2, -0.15) is 0 Å². The highest BCUT2D eigenvalue weighted by Gasteiger charge is 2.20. The van der Waals surface area contributed by atoms with Crippen molar-refractivity contribution in [3.8, 4) is 0 Å². The molecule has 1 saturated heterocycles. The fraction of sp³-hybridized carbons (Fsp3) is 0.857. The van der Waals surface area contributed by atoms with Crippen molar-refractivity contribution in [3.63, 3.8) is 0 Å². The summed E-state index contributed by atoms with van der Waals surface area (Å²) < 4.78 is 2.04. The zero-order valence-corrected chi connectivity index (χ0v) is 7.25. The lowest BCUT2D eigenvalue weighted by Gasteiger charge is -2.00. The van der Waals surface area contributed by atoms with Crippen molar-refractivity contribution in [3.05, 3.63) is 10.1 Å². The molecule has 0 saturated carbocycles. The largest absolute Gasteiger partial charge is 0.317 e. The van der Waals surface area contributed by atoms with Crippen molar-refractivity contribution >= 4 is 5.84 Å². The first-order valence-corrected chi connectivity index (χ1v) is 4.14.